The van der Waals surface area contributed by atoms with E-state index in [1.165, 1.54) is 0 Å². The van der Waals surface area contributed by atoms with E-state index in [-0.39, 0.29) is 81.5 Å². The minimum absolute atomic E-state index is 0. The Morgan fingerprint density at radius 1 is 0.800 bits per heavy atom. The molecular formula is C25H51IO9. The summed E-state index contributed by atoms with van der Waals surface area (Å²) in [5, 5.41) is 37.5. The monoisotopic (exact) mass is 622 g/mol. The van der Waals surface area contributed by atoms with Crippen LogP contribution in [0.25, 0.3) is 0 Å². The molecule has 3 rings (SSSR count). The van der Waals surface area contributed by atoms with E-state index in [9.17, 15) is 20.1 Å². The predicted molar refractivity (Wildman–Crippen MR) is 145 cm³/mol. The predicted octanol–water partition coefficient (Wildman–Crippen LogP) is 3.44. The number of aliphatic hydroxyl groups is 3. The van der Waals surface area contributed by atoms with Gasteiger partial charge in [0.15, 0.2) is 5.79 Å². The number of aliphatic carboxylic acids is 1. The molecule has 3 saturated heterocycles. The minimum atomic E-state index is -1.10. The van der Waals surface area contributed by atoms with Crippen molar-refractivity contribution in [3.05, 3.63) is 0 Å². The van der Waals surface area contributed by atoms with Crippen molar-refractivity contribution >= 4 is 29.9 Å². The summed E-state index contributed by atoms with van der Waals surface area (Å²) >= 11 is 0. The molecule has 0 aromatic heterocycles. The van der Waals surface area contributed by atoms with Crippen molar-refractivity contribution in [3.8, 4) is 0 Å². The van der Waals surface area contributed by atoms with Gasteiger partial charge in [-0.2, -0.15) is 0 Å². The number of carboxylic acids is 1. The molecule has 9 nitrogen and oxygen atoms in total. The van der Waals surface area contributed by atoms with Crippen LogP contribution in [0.3, 0.4) is 0 Å². The van der Waals surface area contributed by atoms with Gasteiger partial charge in [-0.1, -0.05) is 42.5 Å². The molecule has 0 spiro atoms. The Hall–Kier alpha value is -0.0800. The van der Waals surface area contributed by atoms with Crippen molar-refractivity contribution in [1.29, 1.82) is 0 Å². The number of carboxylic acid groups (broad SMARTS) is 1. The third-order valence-corrected chi connectivity index (χ3v) is 6.50. The van der Waals surface area contributed by atoms with Gasteiger partial charge in [-0.25, -0.2) is 0 Å². The van der Waals surface area contributed by atoms with Gasteiger partial charge in [-0.05, 0) is 39.5 Å². The molecule has 10 heteroatoms. The first kappa shape index (κ1) is 37.1. The highest BCUT2D eigenvalue weighted by atomic mass is 127. The molecule has 0 bridgehead atoms. The van der Waals surface area contributed by atoms with Crippen LogP contribution in [-0.2, 0) is 23.7 Å². The van der Waals surface area contributed by atoms with Crippen molar-refractivity contribution in [1.82, 2.24) is 0 Å². The summed E-state index contributed by atoms with van der Waals surface area (Å²) in [6.07, 6.45) is -4.44. The average Bonchev–Trinajstić information content (AvgIpc) is 3.00. The second-order valence-electron chi connectivity index (χ2n) is 10.4. The molecule has 0 aromatic rings. The number of hydrogen-bond acceptors (Lipinski definition) is 8. The first-order valence-corrected chi connectivity index (χ1v) is 11.6. The van der Waals surface area contributed by atoms with Gasteiger partial charge in [0, 0.05) is 5.92 Å². The lowest BCUT2D eigenvalue weighted by Gasteiger charge is -2.42. The van der Waals surface area contributed by atoms with Crippen molar-refractivity contribution in [2.24, 2.45) is 17.8 Å². The van der Waals surface area contributed by atoms with Crippen molar-refractivity contribution in [3.63, 3.8) is 0 Å². The summed E-state index contributed by atoms with van der Waals surface area (Å²) in [6.45, 7) is 15.3. The topological polar surface area (TPSA) is 135 Å². The number of hydrogen-bond donors (Lipinski definition) is 4. The van der Waals surface area contributed by atoms with E-state index in [0.717, 1.165) is 0 Å². The van der Waals surface area contributed by atoms with Crippen LogP contribution < -0.4 is 0 Å². The lowest BCUT2D eigenvalue weighted by Crippen LogP contribution is -2.57. The molecule has 3 fully saturated rings. The Bertz CT molecular complexity index is 630. The third kappa shape index (κ3) is 9.01. The zero-order chi connectivity index (χ0) is 24.5. The molecule has 0 aliphatic carbocycles. The number of aliphatic hydroxyl groups excluding tert-OH is 3. The fourth-order valence-corrected chi connectivity index (χ4v) is 4.75. The lowest BCUT2D eigenvalue weighted by atomic mass is 9.82. The highest BCUT2D eigenvalue weighted by molar-refractivity contribution is 14.0. The second kappa shape index (κ2) is 14.8. The Morgan fingerprint density at radius 2 is 1.26 bits per heavy atom. The highest BCUT2D eigenvalue weighted by Crippen LogP contribution is 2.43. The van der Waals surface area contributed by atoms with Gasteiger partial charge in [-0.3, -0.25) is 4.79 Å². The fraction of sp³-hybridized carbons (Fsp3) is 0.960. The Labute approximate surface area is 228 Å². The molecule has 0 saturated carbocycles. The maximum absolute atomic E-state index is 11.0. The van der Waals surface area contributed by atoms with Gasteiger partial charge in [0.1, 0.15) is 24.4 Å². The van der Waals surface area contributed by atoms with Gasteiger partial charge in [-0.15, -0.1) is 24.0 Å². The number of carbonyl (C=O) groups is 1. The minimum Gasteiger partial charge on any atom is -0.481 e. The van der Waals surface area contributed by atoms with Crippen LogP contribution in [-0.4, -0.2) is 87.1 Å². The van der Waals surface area contributed by atoms with E-state index >= 15 is 0 Å². The second-order valence-corrected chi connectivity index (χ2v) is 10.4. The molecular weight excluding hydrogens is 571 g/mol. The van der Waals surface area contributed by atoms with E-state index in [1.54, 1.807) is 6.92 Å². The maximum atomic E-state index is 11.0. The summed E-state index contributed by atoms with van der Waals surface area (Å²) in [5.74, 6) is -1.24. The average molecular weight is 623 g/mol. The van der Waals surface area contributed by atoms with Crippen LogP contribution in [0, 0.1) is 17.8 Å². The molecule has 0 unspecified atom stereocenters. The van der Waals surface area contributed by atoms with Gasteiger partial charge in [0.25, 0.3) is 0 Å². The molecule has 3 heterocycles. The molecule has 0 radical (unpaired) electrons. The molecule has 3 aliphatic rings. The van der Waals surface area contributed by atoms with Gasteiger partial charge < -0.3 is 39.4 Å². The van der Waals surface area contributed by atoms with E-state index in [4.69, 9.17) is 24.1 Å². The first-order valence-electron chi connectivity index (χ1n) is 11.6. The smallest absolute Gasteiger partial charge is 0.303 e. The highest BCUT2D eigenvalue weighted by Gasteiger charge is 2.54. The lowest BCUT2D eigenvalue weighted by molar-refractivity contribution is -0.226. The fourth-order valence-electron chi connectivity index (χ4n) is 4.75. The number of halogens is 1. The Balaban J connectivity index is 0. The normalized spacial score (nSPS) is 39.8. The molecule has 0 amide bonds. The molecule has 0 aromatic carbocycles. The maximum Gasteiger partial charge on any atom is 0.303 e. The molecule has 4 N–H and O–H groups in total. The van der Waals surface area contributed by atoms with Crippen LogP contribution in [0.1, 0.15) is 76.7 Å². The summed E-state index contributed by atoms with van der Waals surface area (Å²) in [6, 6.07) is 0. The zero-order valence-electron chi connectivity index (χ0n) is 20.9. The quantitative estimate of drug-likeness (QED) is 0.348. The van der Waals surface area contributed by atoms with Crippen LogP contribution in [0.4, 0.5) is 0 Å². The van der Waals surface area contributed by atoms with E-state index in [0.29, 0.717) is 5.92 Å². The Kier molecular flexibility index (Phi) is 15.6. The van der Waals surface area contributed by atoms with Crippen LogP contribution in [0.2, 0.25) is 0 Å². The van der Waals surface area contributed by atoms with E-state index in [2.05, 4.69) is 13.8 Å². The summed E-state index contributed by atoms with van der Waals surface area (Å²) < 4.78 is 23.3. The molecule has 35 heavy (non-hydrogen) atoms. The summed E-state index contributed by atoms with van der Waals surface area (Å²) in [5.41, 5.74) is 0. The summed E-state index contributed by atoms with van der Waals surface area (Å²) in [4.78, 5) is 11.0. The Morgan fingerprint density at radius 3 is 1.71 bits per heavy atom. The van der Waals surface area contributed by atoms with Crippen molar-refractivity contribution < 1.29 is 44.2 Å². The van der Waals surface area contributed by atoms with Crippen LogP contribution in [0.15, 0.2) is 0 Å². The van der Waals surface area contributed by atoms with Gasteiger partial charge >= 0.3 is 5.97 Å². The summed E-state index contributed by atoms with van der Waals surface area (Å²) in [7, 11) is 0. The van der Waals surface area contributed by atoms with Gasteiger partial charge in [0.2, 0.25) is 0 Å². The van der Waals surface area contributed by atoms with E-state index < -0.39 is 42.3 Å². The van der Waals surface area contributed by atoms with Gasteiger partial charge in [0.05, 0.1) is 36.9 Å². The SMILES string of the molecule is C.C.CC(C)[C@@H]1O[C@@H](C)[C@H](CC(=O)O)[C@H]2OC(C)(C)O[C@H]21.CC(C)[C@@H]1O[C@@H](C)[C@H](O)[C@@H](O)[C@H]1O.I. The number of fused-ring (bicyclic) bond motifs is 1. The standard InChI is InChI=1S/C14H24O5.C9H18O4.2CH4.HI/c1-7(2)11-13-12(18-14(4,5)19-13)9(6-10(15)16)8(3)17-11;1-4(2)9-8(12)7(11)6(10)5(3)13-9;;;/h7-9,11-13H,6H2,1-5H3,(H,15,16);4-12H,1-3H3;2*1H4;1H/t8-,9-,11-,12+,13-;5-,6-,7+,8+,9-;;;/m00.../s1. The largest absolute Gasteiger partial charge is 0.481 e. The van der Waals surface area contributed by atoms with Crippen LogP contribution in [0.5, 0.6) is 0 Å². The number of ether oxygens (including phenoxy) is 4. The van der Waals surface area contributed by atoms with Crippen molar-refractivity contribution in [2.75, 3.05) is 0 Å². The molecule has 3 aliphatic heterocycles. The third-order valence-electron chi connectivity index (χ3n) is 6.50. The first-order chi connectivity index (χ1) is 14.7. The molecule has 212 valence electrons. The van der Waals surface area contributed by atoms with Crippen molar-refractivity contribution in [2.45, 2.75) is 137 Å². The van der Waals surface area contributed by atoms with Crippen LogP contribution >= 0.6 is 24.0 Å². The zero-order valence-corrected chi connectivity index (χ0v) is 23.2. The van der Waals surface area contributed by atoms with E-state index in [1.807, 2.05) is 34.6 Å². The molecule has 10 atom stereocenters. The number of rotatable bonds is 4.